The first kappa shape index (κ1) is 14.7. The molecule has 0 bridgehead atoms. The Kier molecular flexibility index (Phi) is 4.65. The number of nitrogens with zero attached hydrogens (tertiary/aromatic N) is 3. The fraction of sp³-hybridized carbons (Fsp3) is 0.286. The van der Waals surface area contributed by atoms with Gasteiger partial charge in [-0.1, -0.05) is 12.1 Å². The normalized spacial score (nSPS) is 10.2. The van der Waals surface area contributed by atoms with Crippen molar-refractivity contribution in [2.24, 2.45) is 0 Å². The molecule has 0 aliphatic heterocycles. The third kappa shape index (κ3) is 4.13. The zero-order chi connectivity index (χ0) is 15.2. The van der Waals surface area contributed by atoms with Gasteiger partial charge in [-0.25, -0.2) is 4.98 Å². The van der Waals surface area contributed by atoms with Crippen molar-refractivity contribution < 1.29 is 9.59 Å². The molecule has 110 valence electrons. The Morgan fingerprint density at radius 2 is 2.00 bits per heavy atom. The summed E-state index contributed by atoms with van der Waals surface area (Å²) in [7, 11) is 1.70. The summed E-state index contributed by atoms with van der Waals surface area (Å²) in [5.41, 5.74) is 1.53. The zero-order valence-corrected chi connectivity index (χ0v) is 12.0. The molecule has 2 aromatic rings. The van der Waals surface area contributed by atoms with Gasteiger partial charge in [-0.3, -0.25) is 14.7 Å². The third-order valence-electron chi connectivity index (χ3n) is 2.94. The van der Waals surface area contributed by atoms with Crippen LogP contribution in [-0.2, 0) is 17.9 Å². The van der Waals surface area contributed by atoms with E-state index < -0.39 is 0 Å². The molecule has 1 aromatic carbocycles. The molecular weight excluding hydrogens is 270 g/mol. The molecule has 2 amide bonds. The average Bonchev–Trinajstić information content (AvgIpc) is 2.97. The number of benzene rings is 1. The summed E-state index contributed by atoms with van der Waals surface area (Å²) >= 11 is 0. The van der Waals surface area contributed by atoms with Gasteiger partial charge in [0.25, 0.3) is 5.91 Å². The zero-order valence-electron chi connectivity index (χ0n) is 12.0. The number of hydrogen-bond donors (Lipinski definition) is 2. The van der Waals surface area contributed by atoms with E-state index in [1.807, 2.05) is 12.1 Å². The van der Waals surface area contributed by atoms with Gasteiger partial charge >= 0.3 is 0 Å². The summed E-state index contributed by atoms with van der Waals surface area (Å²) in [5, 5.41) is 9.17. The van der Waals surface area contributed by atoms with E-state index in [1.54, 1.807) is 24.1 Å². The van der Waals surface area contributed by atoms with E-state index in [9.17, 15) is 9.59 Å². The van der Waals surface area contributed by atoms with Gasteiger partial charge in [0.1, 0.15) is 12.2 Å². The Balaban J connectivity index is 1.97. The van der Waals surface area contributed by atoms with Crippen molar-refractivity contribution in [1.82, 2.24) is 25.4 Å². The molecule has 0 radical (unpaired) electrons. The minimum absolute atomic E-state index is 0.0815. The van der Waals surface area contributed by atoms with Crippen LogP contribution in [0.5, 0.6) is 0 Å². The summed E-state index contributed by atoms with van der Waals surface area (Å²) < 4.78 is 0. The van der Waals surface area contributed by atoms with Crippen molar-refractivity contribution in [1.29, 1.82) is 0 Å². The first-order valence-electron chi connectivity index (χ1n) is 6.49. The number of carbonyl (C=O) groups is 2. The van der Waals surface area contributed by atoms with Crippen LogP contribution in [0.3, 0.4) is 0 Å². The first-order valence-corrected chi connectivity index (χ1v) is 6.49. The summed E-state index contributed by atoms with van der Waals surface area (Å²) in [6.07, 6.45) is 1.41. The molecular formula is C14H17N5O2. The lowest BCUT2D eigenvalue weighted by molar-refractivity contribution is -0.119. The van der Waals surface area contributed by atoms with Gasteiger partial charge < -0.3 is 10.2 Å². The monoisotopic (exact) mass is 287 g/mol. The molecule has 0 unspecified atom stereocenters. The second-order valence-electron chi connectivity index (χ2n) is 4.70. The molecule has 2 rings (SSSR count). The highest BCUT2D eigenvalue weighted by Crippen LogP contribution is 2.08. The number of rotatable bonds is 5. The SMILES string of the molecule is CC(=O)NCc1ccc(C(=O)N(C)Cc2ncn[nH]2)cc1. The molecule has 0 saturated carbocycles. The topological polar surface area (TPSA) is 91.0 Å². The number of hydrogen-bond acceptors (Lipinski definition) is 4. The predicted octanol–water partition coefficient (Wildman–Crippen LogP) is 0.713. The highest BCUT2D eigenvalue weighted by atomic mass is 16.2. The van der Waals surface area contributed by atoms with E-state index in [0.717, 1.165) is 5.56 Å². The van der Waals surface area contributed by atoms with Gasteiger partial charge in [0.15, 0.2) is 0 Å². The van der Waals surface area contributed by atoms with Gasteiger partial charge in [-0.05, 0) is 17.7 Å². The molecule has 1 heterocycles. The van der Waals surface area contributed by atoms with Crippen LogP contribution in [0.25, 0.3) is 0 Å². The largest absolute Gasteiger partial charge is 0.352 e. The van der Waals surface area contributed by atoms with E-state index in [1.165, 1.54) is 13.3 Å². The lowest BCUT2D eigenvalue weighted by Gasteiger charge is -2.15. The second kappa shape index (κ2) is 6.65. The standard InChI is InChI=1S/C14H17N5O2/c1-10(20)15-7-11-3-5-12(6-4-11)14(21)19(2)8-13-16-9-17-18-13/h3-6,9H,7-8H2,1-2H3,(H,15,20)(H,16,17,18). The highest BCUT2D eigenvalue weighted by Gasteiger charge is 2.13. The molecule has 2 N–H and O–H groups in total. The summed E-state index contributed by atoms with van der Waals surface area (Å²) in [4.78, 5) is 28.6. The Morgan fingerprint density at radius 1 is 1.29 bits per heavy atom. The van der Waals surface area contributed by atoms with Crippen LogP contribution in [0.2, 0.25) is 0 Å². The Hall–Kier alpha value is -2.70. The van der Waals surface area contributed by atoms with Crippen molar-refractivity contribution in [3.05, 3.63) is 47.5 Å². The molecule has 1 aromatic heterocycles. The van der Waals surface area contributed by atoms with Crippen LogP contribution in [0.1, 0.15) is 28.7 Å². The maximum absolute atomic E-state index is 12.2. The van der Waals surface area contributed by atoms with E-state index in [4.69, 9.17) is 0 Å². The van der Waals surface area contributed by atoms with Crippen LogP contribution in [0.15, 0.2) is 30.6 Å². The number of carbonyl (C=O) groups excluding carboxylic acids is 2. The molecule has 7 heteroatoms. The number of aromatic amines is 1. The van der Waals surface area contributed by atoms with Crippen molar-refractivity contribution >= 4 is 11.8 Å². The molecule has 0 aliphatic rings. The minimum Gasteiger partial charge on any atom is -0.352 e. The predicted molar refractivity (Wildman–Crippen MR) is 76.1 cm³/mol. The molecule has 0 saturated heterocycles. The van der Waals surface area contributed by atoms with Crippen LogP contribution >= 0.6 is 0 Å². The second-order valence-corrected chi connectivity index (χ2v) is 4.70. The molecule has 0 atom stereocenters. The molecule has 21 heavy (non-hydrogen) atoms. The number of H-pyrrole nitrogens is 1. The van der Waals surface area contributed by atoms with Gasteiger partial charge in [0, 0.05) is 26.1 Å². The number of nitrogens with one attached hydrogen (secondary N) is 2. The van der Waals surface area contributed by atoms with E-state index >= 15 is 0 Å². The lowest BCUT2D eigenvalue weighted by Crippen LogP contribution is -2.26. The Morgan fingerprint density at radius 3 is 2.57 bits per heavy atom. The summed E-state index contributed by atoms with van der Waals surface area (Å²) in [6.45, 7) is 2.29. The lowest BCUT2D eigenvalue weighted by atomic mass is 10.1. The molecule has 7 nitrogen and oxygen atoms in total. The number of aromatic nitrogens is 3. The van der Waals surface area contributed by atoms with Crippen molar-refractivity contribution in [3.63, 3.8) is 0 Å². The molecule has 0 fully saturated rings. The maximum atomic E-state index is 12.2. The van der Waals surface area contributed by atoms with Crippen molar-refractivity contribution in [2.45, 2.75) is 20.0 Å². The van der Waals surface area contributed by atoms with E-state index in [-0.39, 0.29) is 11.8 Å². The van der Waals surface area contributed by atoms with Gasteiger partial charge in [-0.15, -0.1) is 0 Å². The van der Waals surface area contributed by atoms with E-state index in [0.29, 0.717) is 24.5 Å². The number of amides is 2. The highest BCUT2D eigenvalue weighted by molar-refractivity contribution is 5.94. The Bertz CT molecular complexity index is 607. The summed E-state index contributed by atoms with van der Waals surface area (Å²) in [6, 6.07) is 7.14. The van der Waals surface area contributed by atoms with Gasteiger partial charge in [0.05, 0.1) is 6.54 Å². The fourth-order valence-corrected chi connectivity index (χ4v) is 1.82. The molecule has 0 spiro atoms. The van der Waals surface area contributed by atoms with Gasteiger partial charge in [0.2, 0.25) is 5.91 Å². The smallest absolute Gasteiger partial charge is 0.254 e. The quantitative estimate of drug-likeness (QED) is 0.847. The third-order valence-corrected chi connectivity index (χ3v) is 2.94. The van der Waals surface area contributed by atoms with Crippen molar-refractivity contribution in [2.75, 3.05) is 7.05 Å². The Labute approximate surface area is 122 Å². The maximum Gasteiger partial charge on any atom is 0.254 e. The van der Waals surface area contributed by atoms with Crippen molar-refractivity contribution in [3.8, 4) is 0 Å². The van der Waals surface area contributed by atoms with E-state index in [2.05, 4.69) is 20.5 Å². The van der Waals surface area contributed by atoms with Gasteiger partial charge in [-0.2, -0.15) is 5.10 Å². The van der Waals surface area contributed by atoms with Crippen LogP contribution in [0.4, 0.5) is 0 Å². The molecule has 0 aliphatic carbocycles. The van der Waals surface area contributed by atoms with Crippen LogP contribution in [0, 0.1) is 0 Å². The summed E-state index contributed by atoms with van der Waals surface area (Å²) in [5.74, 6) is 0.451. The average molecular weight is 287 g/mol. The van der Waals surface area contributed by atoms with Crippen LogP contribution in [-0.4, -0.2) is 38.9 Å². The fourth-order valence-electron chi connectivity index (χ4n) is 1.82. The van der Waals surface area contributed by atoms with Crippen LogP contribution < -0.4 is 5.32 Å². The minimum atomic E-state index is -0.0996. The first-order chi connectivity index (χ1) is 10.1.